The molecule has 0 aliphatic heterocycles. The smallest absolute Gasteiger partial charge is 0.161 e. The third kappa shape index (κ3) is 2.23. The van der Waals surface area contributed by atoms with Gasteiger partial charge in [-0.05, 0) is 36.1 Å². The molecule has 0 radical (unpaired) electrons. The first-order valence-corrected chi connectivity index (χ1v) is 5.61. The van der Waals surface area contributed by atoms with E-state index in [0.29, 0.717) is 18.1 Å². The maximum atomic E-state index is 10.2. The van der Waals surface area contributed by atoms with Crippen LogP contribution in [0.1, 0.15) is 24.0 Å². The quantitative estimate of drug-likeness (QED) is 0.850. The summed E-state index contributed by atoms with van der Waals surface area (Å²) in [5.41, 5.74) is 1.13. The summed E-state index contributed by atoms with van der Waals surface area (Å²) in [7, 11) is 4.83. The third-order valence-electron chi connectivity index (χ3n) is 3.13. The van der Waals surface area contributed by atoms with Crippen molar-refractivity contribution in [3.05, 3.63) is 23.3 Å². The second kappa shape index (κ2) is 4.55. The summed E-state index contributed by atoms with van der Waals surface area (Å²) in [6.07, 6.45) is 1.58. The molecule has 17 heavy (non-hydrogen) atoms. The van der Waals surface area contributed by atoms with E-state index >= 15 is 0 Å². The summed E-state index contributed by atoms with van der Waals surface area (Å²) in [6.45, 7) is 0.456. The van der Waals surface area contributed by atoms with Crippen LogP contribution < -0.4 is 9.47 Å². The lowest BCUT2D eigenvalue weighted by Crippen LogP contribution is -2.10. The molecule has 0 bridgehead atoms. The highest BCUT2D eigenvalue weighted by Crippen LogP contribution is 2.49. The van der Waals surface area contributed by atoms with Crippen molar-refractivity contribution in [1.29, 1.82) is 0 Å². The molecule has 1 aliphatic rings. The molecule has 0 saturated heterocycles. The number of rotatable bonds is 5. The largest absolute Gasteiger partial charge is 0.493 e. The van der Waals surface area contributed by atoms with Crippen molar-refractivity contribution < 1.29 is 19.3 Å². The summed E-state index contributed by atoms with van der Waals surface area (Å²) in [6, 6.07) is 3.72. The number of ether oxygens (including phenoxy) is 3. The highest BCUT2D eigenvalue weighted by molar-refractivity contribution is 5.50. The lowest BCUT2D eigenvalue weighted by Gasteiger charge is -2.17. The van der Waals surface area contributed by atoms with E-state index < -0.39 is 5.60 Å². The molecule has 0 heterocycles. The van der Waals surface area contributed by atoms with Crippen LogP contribution in [-0.2, 0) is 16.9 Å². The van der Waals surface area contributed by atoms with Gasteiger partial charge in [0.05, 0.1) is 26.4 Å². The number of hydrogen-bond donors (Lipinski definition) is 1. The molecule has 2 rings (SSSR count). The predicted octanol–water partition coefficient (Wildman–Crippen LogP) is 1.83. The molecule has 1 aromatic carbocycles. The molecule has 1 N–H and O–H groups in total. The molecule has 0 spiro atoms. The second-order valence-electron chi connectivity index (χ2n) is 4.33. The minimum atomic E-state index is -0.701. The van der Waals surface area contributed by atoms with Crippen molar-refractivity contribution in [3.63, 3.8) is 0 Å². The van der Waals surface area contributed by atoms with Crippen LogP contribution in [0.15, 0.2) is 12.1 Å². The highest BCUT2D eigenvalue weighted by atomic mass is 16.5. The Morgan fingerprint density at radius 2 is 1.71 bits per heavy atom. The van der Waals surface area contributed by atoms with Gasteiger partial charge in [-0.15, -0.1) is 0 Å². The molecule has 1 aliphatic carbocycles. The number of benzene rings is 1. The molecule has 0 unspecified atom stereocenters. The van der Waals surface area contributed by atoms with E-state index in [9.17, 15) is 5.11 Å². The molecule has 0 amide bonds. The summed E-state index contributed by atoms with van der Waals surface area (Å²) in [5.74, 6) is 1.30. The SMILES string of the molecule is COCc1cc(OC)c(OC)cc1C1(O)CC1. The van der Waals surface area contributed by atoms with E-state index in [1.165, 1.54) is 0 Å². The van der Waals surface area contributed by atoms with E-state index in [2.05, 4.69) is 0 Å². The van der Waals surface area contributed by atoms with Crippen molar-refractivity contribution in [3.8, 4) is 11.5 Å². The third-order valence-corrected chi connectivity index (χ3v) is 3.13. The van der Waals surface area contributed by atoms with E-state index in [1.54, 1.807) is 21.3 Å². The average molecular weight is 238 g/mol. The zero-order chi connectivity index (χ0) is 12.5. The number of aliphatic hydroxyl groups is 1. The average Bonchev–Trinajstić information content (AvgIpc) is 3.08. The van der Waals surface area contributed by atoms with Gasteiger partial charge in [-0.3, -0.25) is 0 Å². The highest BCUT2D eigenvalue weighted by Gasteiger charge is 2.44. The molecular formula is C13H18O4. The second-order valence-corrected chi connectivity index (χ2v) is 4.33. The minimum absolute atomic E-state index is 0.456. The molecule has 0 atom stereocenters. The van der Waals surface area contributed by atoms with E-state index in [4.69, 9.17) is 14.2 Å². The minimum Gasteiger partial charge on any atom is -0.493 e. The molecule has 1 saturated carbocycles. The topological polar surface area (TPSA) is 47.9 Å². The van der Waals surface area contributed by atoms with Crippen LogP contribution in [0, 0.1) is 0 Å². The van der Waals surface area contributed by atoms with E-state index in [0.717, 1.165) is 24.0 Å². The van der Waals surface area contributed by atoms with Crippen molar-refractivity contribution in [2.24, 2.45) is 0 Å². The maximum absolute atomic E-state index is 10.2. The zero-order valence-electron chi connectivity index (χ0n) is 10.4. The zero-order valence-corrected chi connectivity index (χ0v) is 10.4. The van der Waals surface area contributed by atoms with Gasteiger partial charge >= 0.3 is 0 Å². The van der Waals surface area contributed by atoms with Crippen LogP contribution in [0.3, 0.4) is 0 Å². The molecule has 1 aromatic rings. The number of hydrogen-bond acceptors (Lipinski definition) is 4. The molecule has 1 fully saturated rings. The van der Waals surface area contributed by atoms with Gasteiger partial charge < -0.3 is 19.3 Å². The molecular weight excluding hydrogens is 220 g/mol. The van der Waals surface area contributed by atoms with Gasteiger partial charge in [0.25, 0.3) is 0 Å². The van der Waals surface area contributed by atoms with Gasteiger partial charge in [0.2, 0.25) is 0 Å². The Morgan fingerprint density at radius 3 is 2.18 bits per heavy atom. The van der Waals surface area contributed by atoms with E-state index in [1.807, 2.05) is 12.1 Å². The van der Waals surface area contributed by atoms with Crippen LogP contribution in [0.4, 0.5) is 0 Å². The van der Waals surface area contributed by atoms with Crippen LogP contribution >= 0.6 is 0 Å². The van der Waals surface area contributed by atoms with Crippen LogP contribution in [-0.4, -0.2) is 26.4 Å². The summed E-state index contributed by atoms with van der Waals surface area (Å²) in [4.78, 5) is 0. The summed E-state index contributed by atoms with van der Waals surface area (Å²) in [5, 5.41) is 10.2. The molecule has 4 heteroatoms. The first-order chi connectivity index (χ1) is 8.14. The Balaban J connectivity index is 2.47. The fourth-order valence-electron chi connectivity index (χ4n) is 2.02. The van der Waals surface area contributed by atoms with Gasteiger partial charge in [-0.2, -0.15) is 0 Å². The number of methoxy groups -OCH3 is 3. The first-order valence-electron chi connectivity index (χ1n) is 5.61. The van der Waals surface area contributed by atoms with Gasteiger partial charge in [0, 0.05) is 7.11 Å². The predicted molar refractivity (Wildman–Crippen MR) is 63.4 cm³/mol. The Hall–Kier alpha value is -1.26. The van der Waals surface area contributed by atoms with Crippen molar-refractivity contribution in [2.75, 3.05) is 21.3 Å². The lowest BCUT2D eigenvalue weighted by molar-refractivity contribution is 0.141. The van der Waals surface area contributed by atoms with Gasteiger partial charge in [-0.25, -0.2) is 0 Å². The van der Waals surface area contributed by atoms with Gasteiger partial charge in [-0.1, -0.05) is 0 Å². The van der Waals surface area contributed by atoms with Crippen LogP contribution in [0.5, 0.6) is 11.5 Å². The Morgan fingerprint density at radius 1 is 1.12 bits per heavy atom. The monoisotopic (exact) mass is 238 g/mol. The van der Waals surface area contributed by atoms with E-state index in [-0.39, 0.29) is 0 Å². The Bertz CT molecular complexity index is 410. The Kier molecular flexibility index (Phi) is 3.26. The fourth-order valence-corrected chi connectivity index (χ4v) is 2.02. The first kappa shape index (κ1) is 12.2. The van der Waals surface area contributed by atoms with Crippen molar-refractivity contribution in [2.45, 2.75) is 25.0 Å². The van der Waals surface area contributed by atoms with Crippen molar-refractivity contribution in [1.82, 2.24) is 0 Å². The van der Waals surface area contributed by atoms with Gasteiger partial charge in [0.1, 0.15) is 0 Å². The normalized spacial score (nSPS) is 16.7. The fraction of sp³-hybridized carbons (Fsp3) is 0.538. The van der Waals surface area contributed by atoms with Gasteiger partial charge in [0.15, 0.2) is 11.5 Å². The van der Waals surface area contributed by atoms with Crippen LogP contribution in [0.2, 0.25) is 0 Å². The standard InChI is InChI=1S/C13H18O4/c1-15-8-9-6-11(16-2)12(17-3)7-10(9)13(14)4-5-13/h6-7,14H,4-5,8H2,1-3H3. The molecule has 4 nitrogen and oxygen atoms in total. The summed E-state index contributed by atoms with van der Waals surface area (Å²) >= 11 is 0. The van der Waals surface area contributed by atoms with Crippen molar-refractivity contribution >= 4 is 0 Å². The maximum Gasteiger partial charge on any atom is 0.161 e. The molecule has 94 valence electrons. The molecule has 0 aromatic heterocycles. The lowest BCUT2D eigenvalue weighted by atomic mass is 10.00. The Labute approximate surface area is 101 Å². The van der Waals surface area contributed by atoms with Crippen LogP contribution in [0.25, 0.3) is 0 Å². The summed E-state index contributed by atoms with van der Waals surface area (Å²) < 4.78 is 15.7.